The normalized spacial score (nSPS) is 11.5. The van der Waals surface area contributed by atoms with Gasteiger partial charge in [-0.2, -0.15) is 20.5 Å². The summed E-state index contributed by atoms with van der Waals surface area (Å²) in [6.45, 7) is 1.99. The third-order valence-electron chi connectivity index (χ3n) is 5.54. The van der Waals surface area contributed by atoms with E-state index in [9.17, 15) is 0 Å². The minimum absolute atomic E-state index is 0.692. The summed E-state index contributed by atoms with van der Waals surface area (Å²) < 4.78 is 4.38. The lowest BCUT2D eigenvalue weighted by molar-refractivity contribution is -0.698. The molecule has 36 heavy (non-hydrogen) atoms. The second kappa shape index (κ2) is 13.6. The van der Waals surface area contributed by atoms with Crippen LogP contribution in [0.3, 0.4) is 0 Å². The Hall–Kier alpha value is -3.48. The van der Waals surface area contributed by atoms with Gasteiger partial charge in [0, 0.05) is 47.2 Å². The summed E-state index contributed by atoms with van der Waals surface area (Å²) in [5.41, 5.74) is 3.22. The van der Waals surface area contributed by atoms with E-state index in [4.69, 9.17) is 23.2 Å². The maximum absolute atomic E-state index is 5.89. The van der Waals surface area contributed by atoms with Crippen molar-refractivity contribution in [2.75, 3.05) is 0 Å². The van der Waals surface area contributed by atoms with Crippen molar-refractivity contribution >= 4 is 46.0 Å². The molecule has 0 unspecified atom stereocenters. The minimum Gasteiger partial charge on any atom is -0.205 e. The van der Waals surface area contributed by atoms with Crippen LogP contribution in [0.2, 0.25) is 10.0 Å². The van der Waals surface area contributed by atoms with Crippen LogP contribution in [0, 0.1) is 0 Å². The molecule has 8 heteroatoms. The predicted molar refractivity (Wildman–Crippen MR) is 143 cm³/mol. The van der Waals surface area contributed by atoms with Gasteiger partial charge in [-0.15, -0.1) is 0 Å². The van der Waals surface area contributed by atoms with Crippen molar-refractivity contribution < 1.29 is 9.13 Å². The van der Waals surface area contributed by atoms with Gasteiger partial charge in [0.1, 0.15) is 13.1 Å². The molecule has 0 radical (unpaired) electrons. The first-order valence-electron chi connectivity index (χ1n) is 12.0. The molecular formula is C28H28Cl2N6+2. The van der Waals surface area contributed by atoms with Crippen molar-refractivity contribution in [1.29, 1.82) is 0 Å². The van der Waals surface area contributed by atoms with Crippen LogP contribution in [0.1, 0.15) is 25.7 Å². The molecule has 4 rings (SSSR count). The molecule has 0 aliphatic carbocycles. The summed E-state index contributed by atoms with van der Waals surface area (Å²) in [7, 11) is 0. The van der Waals surface area contributed by atoms with Gasteiger partial charge in [0.05, 0.1) is 22.7 Å². The van der Waals surface area contributed by atoms with Gasteiger partial charge in [0.25, 0.3) is 0 Å². The van der Waals surface area contributed by atoms with E-state index >= 15 is 0 Å². The number of rotatable bonds is 11. The number of aromatic nitrogens is 2. The monoisotopic (exact) mass is 518 g/mol. The van der Waals surface area contributed by atoms with Crippen molar-refractivity contribution in [2.45, 2.75) is 38.8 Å². The summed E-state index contributed by atoms with van der Waals surface area (Å²) >= 11 is 11.8. The van der Waals surface area contributed by atoms with Crippen LogP contribution in [0.25, 0.3) is 0 Å². The summed E-state index contributed by atoms with van der Waals surface area (Å²) in [4.78, 5) is 0. The molecule has 2 aromatic carbocycles. The first-order chi connectivity index (χ1) is 17.6. The zero-order valence-corrected chi connectivity index (χ0v) is 21.4. The van der Waals surface area contributed by atoms with Crippen molar-refractivity contribution in [2.24, 2.45) is 20.5 Å². The fourth-order valence-electron chi connectivity index (χ4n) is 3.52. The lowest BCUT2D eigenvalue weighted by atomic mass is 10.2. The van der Waals surface area contributed by atoms with Gasteiger partial charge in [0.2, 0.25) is 0 Å². The molecule has 2 aromatic heterocycles. The Morgan fingerprint density at radius 1 is 0.417 bits per heavy atom. The average Bonchev–Trinajstić information content (AvgIpc) is 2.91. The van der Waals surface area contributed by atoms with Gasteiger partial charge in [-0.05, 0) is 61.4 Å². The highest BCUT2D eigenvalue weighted by Crippen LogP contribution is 2.20. The number of unbranched alkanes of at least 4 members (excludes halogenated alkanes) is 3. The van der Waals surface area contributed by atoms with Crippen LogP contribution < -0.4 is 9.13 Å². The fraction of sp³-hybridized carbons (Fsp3) is 0.214. The maximum atomic E-state index is 5.89. The van der Waals surface area contributed by atoms with Gasteiger partial charge >= 0.3 is 0 Å². The third kappa shape index (κ3) is 8.63. The number of halogens is 2. The maximum Gasteiger partial charge on any atom is 0.171 e. The quantitative estimate of drug-likeness (QED) is 0.108. The van der Waals surface area contributed by atoms with Crippen molar-refractivity contribution in [3.05, 3.63) is 108 Å². The summed E-state index contributed by atoms with van der Waals surface area (Å²) in [5.74, 6) is 0. The van der Waals surface area contributed by atoms with Gasteiger partial charge < -0.3 is 0 Å². The number of aryl methyl sites for hydroxylation is 2. The van der Waals surface area contributed by atoms with Gasteiger partial charge in [-0.1, -0.05) is 23.2 Å². The molecule has 0 saturated heterocycles. The van der Waals surface area contributed by atoms with Gasteiger partial charge in [-0.25, -0.2) is 9.13 Å². The molecular weight excluding hydrogens is 491 g/mol. The molecule has 0 aliphatic rings. The smallest absolute Gasteiger partial charge is 0.171 e. The highest BCUT2D eigenvalue weighted by molar-refractivity contribution is 6.30. The molecule has 0 amide bonds. The van der Waals surface area contributed by atoms with Crippen molar-refractivity contribution in [3.63, 3.8) is 0 Å². The zero-order chi connectivity index (χ0) is 25.0. The molecule has 182 valence electrons. The Bertz CT molecular complexity index is 1170. The van der Waals surface area contributed by atoms with E-state index in [0.717, 1.165) is 48.7 Å². The number of nitrogens with zero attached hydrogens (tertiary/aromatic N) is 6. The van der Waals surface area contributed by atoms with Crippen LogP contribution in [-0.4, -0.2) is 0 Å². The Kier molecular flexibility index (Phi) is 9.65. The molecule has 0 N–H and O–H groups in total. The number of pyridine rings is 2. The predicted octanol–water partition coefficient (Wildman–Crippen LogP) is 8.66. The summed E-state index contributed by atoms with van der Waals surface area (Å²) in [6, 6.07) is 22.5. The second-order valence-electron chi connectivity index (χ2n) is 8.36. The van der Waals surface area contributed by atoms with E-state index in [-0.39, 0.29) is 0 Å². The zero-order valence-electron chi connectivity index (χ0n) is 19.9. The Balaban J connectivity index is 1.12. The van der Waals surface area contributed by atoms with E-state index in [0.29, 0.717) is 10.0 Å². The number of hydrogen-bond acceptors (Lipinski definition) is 4. The number of hydrogen-bond donors (Lipinski definition) is 0. The van der Waals surface area contributed by atoms with E-state index < -0.39 is 0 Å². The molecule has 0 bridgehead atoms. The largest absolute Gasteiger partial charge is 0.205 e. The van der Waals surface area contributed by atoms with E-state index in [2.05, 4.69) is 54.4 Å². The van der Waals surface area contributed by atoms with Crippen molar-refractivity contribution in [1.82, 2.24) is 0 Å². The standard InChI is InChI=1S/C28H28Cl2N6/c29-23-5-9-25(10-6-23)31-33-27-13-19-35(20-14-27)17-3-1-2-4-18-36-21-15-28(16-22-36)34-32-26-11-7-24(30)8-12-26/h5-16,19-22H,1-4,17-18H2/q+2. The third-order valence-corrected chi connectivity index (χ3v) is 6.05. The minimum atomic E-state index is 0.692. The lowest BCUT2D eigenvalue weighted by Gasteiger charge is -2.00. The fourth-order valence-corrected chi connectivity index (χ4v) is 3.77. The Morgan fingerprint density at radius 2 is 0.722 bits per heavy atom. The molecule has 2 heterocycles. The van der Waals surface area contributed by atoms with Crippen LogP contribution in [0.15, 0.2) is 118 Å². The first-order valence-corrected chi connectivity index (χ1v) is 12.7. The highest BCUT2D eigenvalue weighted by atomic mass is 35.5. The first kappa shape index (κ1) is 25.6. The van der Waals surface area contributed by atoms with Gasteiger partial charge in [-0.3, -0.25) is 0 Å². The van der Waals surface area contributed by atoms with Crippen LogP contribution in [0.5, 0.6) is 0 Å². The van der Waals surface area contributed by atoms with E-state index in [1.165, 1.54) is 12.8 Å². The lowest BCUT2D eigenvalue weighted by Crippen LogP contribution is -2.33. The molecule has 0 spiro atoms. The Labute approximate surface area is 221 Å². The van der Waals surface area contributed by atoms with Crippen LogP contribution in [-0.2, 0) is 13.1 Å². The molecule has 0 atom stereocenters. The SMILES string of the molecule is Clc1ccc(/N=N\c2cc[n+](CCCCCC[n+]3ccc(/N=N\c4ccc(Cl)cc4)cc3)cc2)cc1. The van der Waals surface area contributed by atoms with Crippen molar-refractivity contribution in [3.8, 4) is 0 Å². The number of azo groups is 2. The molecule has 0 fully saturated rings. The second-order valence-corrected chi connectivity index (χ2v) is 9.23. The van der Waals surface area contributed by atoms with E-state index in [1.54, 1.807) is 0 Å². The number of benzene rings is 2. The molecule has 0 aliphatic heterocycles. The molecule has 0 saturated carbocycles. The summed E-state index contributed by atoms with van der Waals surface area (Å²) in [6.07, 6.45) is 12.9. The van der Waals surface area contributed by atoms with Crippen LogP contribution in [0.4, 0.5) is 22.7 Å². The topological polar surface area (TPSA) is 57.2 Å². The molecule has 4 aromatic rings. The summed E-state index contributed by atoms with van der Waals surface area (Å²) in [5, 5.41) is 18.4. The van der Waals surface area contributed by atoms with Gasteiger partial charge in [0.15, 0.2) is 24.8 Å². The average molecular weight is 519 g/mol. The molecule has 6 nitrogen and oxygen atoms in total. The Morgan fingerprint density at radius 3 is 1.06 bits per heavy atom. The van der Waals surface area contributed by atoms with E-state index in [1.807, 2.05) is 72.8 Å². The van der Waals surface area contributed by atoms with Crippen LogP contribution >= 0.6 is 23.2 Å². The highest BCUT2D eigenvalue weighted by Gasteiger charge is 2.04.